The van der Waals surface area contributed by atoms with Gasteiger partial charge in [0.15, 0.2) is 0 Å². The zero-order valence-corrected chi connectivity index (χ0v) is 13.4. The molecular formula is C19H21N3O. The fourth-order valence-corrected chi connectivity index (χ4v) is 3.40. The highest BCUT2D eigenvalue weighted by Gasteiger charge is 2.34. The van der Waals surface area contributed by atoms with Crippen molar-refractivity contribution in [2.45, 2.75) is 12.5 Å². The van der Waals surface area contributed by atoms with E-state index in [1.165, 1.54) is 5.56 Å². The lowest BCUT2D eigenvalue weighted by Crippen LogP contribution is -2.21. The summed E-state index contributed by atoms with van der Waals surface area (Å²) in [7, 11) is 1.76. The van der Waals surface area contributed by atoms with Crippen molar-refractivity contribution >= 4 is 0 Å². The first-order chi connectivity index (χ1) is 11.3. The summed E-state index contributed by atoms with van der Waals surface area (Å²) in [5.74, 6) is 0.851. The van der Waals surface area contributed by atoms with Crippen molar-refractivity contribution in [3.05, 3.63) is 65.5 Å². The molecule has 4 heteroatoms. The summed E-state index contributed by atoms with van der Waals surface area (Å²) < 4.78 is 5.42. The van der Waals surface area contributed by atoms with E-state index in [1.807, 2.05) is 36.5 Å². The SMILES string of the molecule is COC[C@@H]1CN(Cc2cccc(C#N)c2)C[C@H]1c1ccccn1. The molecule has 0 aliphatic carbocycles. The maximum absolute atomic E-state index is 9.04. The van der Waals surface area contributed by atoms with E-state index in [1.54, 1.807) is 7.11 Å². The van der Waals surface area contributed by atoms with E-state index in [9.17, 15) is 0 Å². The van der Waals surface area contributed by atoms with Gasteiger partial charge in [-0.2, -0.15) is 5.26 Å². The summed E-state index contributed by atoms with van der Waals surface area (Å²) in [6.07, 6.45) is 1.86. The number of benzene rings is 1. The topological polar surface area (TPSA) is 49.1 Å². The number of nitriles is 1. The molecule has 118 valence electrons. The van der Waals surface area contributed by atoms with Crippen LogP contribution in [0.4, 0.5) is 0 Å². The molecule has 4 nitrogen and oxygen atoms in total. The number of likely N-dealkylation sites (tertiary alicyclic amines) is 1. The van der Waals surface area contributed by atoms with E-state index in [0.29, 0.717) is 11.8 Å². The van der Waals surface area contributed by atoms with Gasteiger partial charge in [-0.05, 0) is 29.8 Å². The molecule has 1 saturated heterocycles. The first-order valence-corrected chi connectivity index (χ1v) is 7.91. The third-order valence-electron chi connectivity index (χ3n) is 4.43. The summed E-state index contributed by atoms with van der Waals surface area (Å²) in [6.45, 7) is 3.57. The third kappa shape index (κ3) is 3.76. The van der Waals surface area contributed by atoms with Crippen molar-refractivity contribution < 1.29 is 4.74 Å². The Labute approximate surface area is 137 Å². The van der Waals surface area contributed by atoms with Crippen molar-refractivity contribution in [2.24, 2.45) is 5.92 Å². The van der Waals surface area contributed by atoms with Crippen LogP contribution in [0.1, 0.15) is 22.7 Å². The maximum atomic E-state index is 9.04. The molecule has 1 fully saturated rings. The number of rotatable bonds is 5. The molecule has 1 aromatic carbocycles. The summed E-state index contributed by atoms with van der Waals surface area (Å²) in [5.41, 5.74) is 3.04. The average Bonchev–Trinajstić information content (AvgIpc) is 2.98. The smallest absolute Gasteiger partial charge is 0.0991 e. The van der Waals surface area contributed by atoms with Gasteiger partial charge in [0.05, 0.1) is 18.2 Å². The second kappa shape index (κ2) is 7.36. The van der Waals surface area contributed by atoms with Crippen molar-refractivity contribution in [3.8, 4) is 6.07 Å². The second-order valence-corrected chi connectivity index (χ2v) is 6.08. The van der Waals surface area contributed by atoms with Gasteiger partial charge >= 0.3 is 0 Å². The maximum Gasteiger partial charge on any atom is 0.0991 e. The number of pyridine rings is 1. The largest absolute Gasteiger partial charge is 0.384 e. The molecule has 0 radical (unpaired) electrons. The van der Waals surface area contributed by atoms with Crippen molar-refractivity contribution in [1.82, 2.24) is 9.88 Å². The van der Waals surface area contributed by atoms with Crippen LogP contribution in [0.25, 0.3) is 0 Å². The Morgan fingerprint density at radius 3 is 2.91 bits per heavy atom. The molecule has 23 heavy (non-hydrogen) atoms. The van der Waals surface area contributed by atoms with Gasteiger partial charge < -0.3 is 4.74 Å². The molecule has 0 spiro atoms. The molecule has 0 bridgehead atoms. The van der Waals surface area contributed by atoms with Gasteiger partial charge in [0.25, 0.3) is 0 Å². The lowest BCUT2D eigenvalue weighted by atomic mass is 9.93. The van der Waals surface area contributed by atoms with E-state index in [-0.39, 0.29) is 0 Å². The highest BCUT2D eigenvalue weighted by molar-refractivity contribution is 5.32. The molecule has 0 saturated carbocycles. The fraction of sp³-hybridized carbons (Fsp3) is 0.368. The van der Waals surface area contributed by atoms with Crippen LogP contribution in [0.15, 0.2) is 48.7 Å². The summed E-state index contributed by atoms with van der Waals surface area (Å²) in [5, 5.41) is 9.04. The minimum atomic E-state index is 0.398. The summed E-state index contributed by atoms with van der Waals surface area (Å²) in [6, 6.07) is 16.2. The first-order valence-electron chi connectivity index (χ1n) is 7.91. The monoisotopic (exact) mass is 307 g/mol. The predicted octanol–water partition coefficient (Wildman–Crippen LogP) is 2.82. The number of nitrogens with zero attached hydrogens (tertiary/aromatic N) is 3. The van der Waals surface area contributed by atoms with E-state index in [4.69, 9.17) is 10.00 Å². The Balaban J connectivity index is 1.73. The van der Waals surface area contributed by atoms with E-state index in [0.717, 1.165) is 37.5 Å². The lowest BCUT2D eigenvalue weighted by Gasteiger charge is -2.16. The van der Waals surface area contributed by atoms with Gasteiger partial charge in [0.1, 0.15) is 0 Å². The lowest BCUT2D eigenvalue weighted by molar-refractivity contribution is 0.147. The van der Waals surface area contributed by atoms with E-state index >= 15 is 0 Å². The Kier molecular flexibility index (Phi) is 5.02. The molecule has 1 aliphatic heterocycles. The molecule has 2 heterocycles. The third-order valence-corrected chi connectivity index (χ3v) is 4.43. The highest BCUT2D eigenvalue weighted by atomic mass is 16.5. The van der Waals surface area contributed by atoms with Crippen LogP contribution in [0, 0.1) is 17.2 Å². The van der Waals surface area contributed by atoms with Crippen LogP contribution in [0.5, 0.6) is 0 Å². The van der Waals surface area contributed by atoms with Gasteiger partial charge in [0, 0.05) is 50.5 Å². The number of hydrogen-bond donors (Lipinski definition) is 0. The van der Waals surface area contributed by atoms with Gasteiger partial charge in [-0.25, -0.2) is 0 Å². The van der Waals surface area contributed by atoms with Crippen molar-refractivity contribution in [1.29, 1.82) is 5.26 Å². The molecule has 0 N–H and O–H groups in total. The van der Waals surface area contributed by atoms with Crippen molar-refractivity contribution in [2.75, 3.05) is 26.8 Å². The quantitative estimate of drug-likeness (QED) is 0.852. The Bertz CT molecular complexity index is 681. The Morgan fingerprint density at radius 1 is 1.26 bits per heavy atom. The molecule has 3 rings (SSSR count). The molecule has 0 amide bonds. The minimum absolute atomic E-state index is 0.398. The number of hydrogen-bond acceptors (Lipinski definition) is 4. The number of ether oxygens (including phenoxy) is 1. The number of aromatic nitrogens is 1. The van der Waals surface area contributed by atoms with Crippen LogP contribution >= 0.6 is 0 Å². The van der Waals surface area contributed by atoms with Gasteiger partial charge in [0.2, 0.25) is 0 Å². The van der Waals surface area contributed by atoms with Gasteiger partial charge in [-0.1, -0.05) is 18.2 Å². The van der Waals surface area contributed by atoms with Gasteiger partial charge in [-0.15, -0.1) is 0 Å². The van der Waals surface area contributed by atoms with Crippen LogP contribution in [-0.4, -0.2) is 36.7 Å². The molecule has 2 atom stereocenters. The molecule has 2 aromatic rings. The second-order valence-electron chi connectivity index (χ2n) is 6.08. The van der Waals surface area contributed by atoms with Crippen LogP contribution in [0.3, 0.4) is 0 Å². The zero-order chi connectivity index (χ0) is 16.1. The zero-order valence-electron chi connectivity index (χ0n) is 13.4. The van der Waals surface area contributed by atoms with E-state index < -0.39 is 0 Å². The van der Waals surface area contributed by atoms with Crippen LogP contribution in [-0.2, 0) is 11.3 Å². The molecular weight excluding hydrogens is 286 g/mol. The average molecular weight is 307 g/mol. The standard InChI is InChI=1S/C19H21N3O/c1-23-14-17-12-22(11-16-6-4-5-15(9-16)10-20)13-18(17)19-7-2-3-8-21-19/h2-9,17-18H,11-14H2,1H3/t17-,18+/m0/s1. The first kappa shape index (κ1) is 15.7. The molecule has 0 unspecified atom stereocenters. The van der Waals surface area contributed by atoms with Crippen molar-refractivity contribution in [3.63, 3.8) is 0 Å². The number of methoxy groups -OCH3 is 1. The highest BCUT2D eigenvalue weighted by Crippen LogP contribution is 2.32. The summed E-state index contributed by atoms with van der Waals surface area (Å²) in [4.78, 5) is 6.97. The fourth-order valence-electron chi connectivity index (χ4n) is 3.40. The normalized spacial score (nSPS) is 21.2. The van der Waals surface area contributed by atoms with E-state index in [2.05, 4.69) is 28.1 Å². The molecule has 1 aliphatic rings. The Morgan fingerprint density at radius 2 is 2.17 bits per heavy atom. The molecule has 1 aromatic heterocycles. The Hall–Kier alpha value is -2.22. The predicted molar refractivity (Wildman–Crippen MR) is 88.8 cm³/mol. The minimum Gasteiger partial charge on any atom is -0.384 e. The van der Waals surface area contributed by atoms with Crippen LogP contribution in [0.2, 0.25) is 0 Å². The van der Waals surface area contributed by atoms with Crippen LogP contribution < -0.4 is 0 Å². The summed E-state index contributed by atoms with van der Waals surface area (Å²) >= 11 is 0. The van der Waals surface area contributed by atoms with Gasteiger partial charge in [-0.3, -0.25) is 9.88 Å².